The van der Waals surface area contributed by atoms with Gasteiger partial charge < -0.3 is 10.4 Å². The van der Waals surface area contributed by atoms with Crippen LogP contribution in [0.4, 0.5) is 0 Å². The van der Waals surface area contributed by atoms with E-state index in [-0.39, 0.29) is 11.5 Å². The van der Waals surface area contributed by atoms with Crippen LogP contribution in [-0.4, -0.2) is 23.3 Å². The van der Waals surface area contributed by atoms with Crippen molar-refractivity contribution in [2.24, 2.45) is 5.41 Å². The lowest BCUT2D eigenvalue weighted by Crippen LogP contribution is -2.63. The largest absolute Gasteiger partial charge is 0.392 e. The van der Waals surface area contributed by atoms with Gasteiger partial charge in [-0.05, 0) is 37.7 Å². The number of hydrogen-bond donors (Lipinski definition) is 2. The second-order valence-electron chi connectivity index (χ2n) is 7.07. The monoisotopic (exact) mass is 259 g/mol. The highest BCUT2D eigenvalue weighted by Crippen LogP contribution is 2.43. The summed E-state index contributed by atoms with van der Waals surface area (Å²) in [5.41, 5.74) is 2.87. The summed E-state index contributed by atoms with van der Waals surface area (Å²) >= 11 is 0. The standard InChI is InChI=1S/C17H25NO/c1-11-4-6-12(7-5-11)13-8-14(9-13)18-15-10-16(19)17(15,2)3/h4-7,13-16,18-19H,8-10H2,1-3H3. The van der Waals surface area contributed by atoms with Gasteiger partial charge in [0.25, 0.3) is 0 Å². The molecule has 2 nitrogen and oxygen atoms in total. The Morgan fingerprint density at radius 3 is 2.26 bits per heavy atom. The van der Waals surface area contributed by atoms with Crippen LogP contribution in [0, 0.1) is 12.3 Å². The highest BCUT2D eigenvalue weighted by molar-refractivity contribution is 5.27. The highest BCUT2D eigenvalue weighted by atomic mass is 16.3. The summed E-state index contributed by atoms with van der Waals surface area (Å²) in [5, 5.41) is 13.5. The van der Waals surface area contributed by atoms with Crippen LogP contribution in [0.2, 0.25) is 0 Å². The predicted octanol–water partition coefficient (Wildman–Crippen LogP) is 2.99. The van der Waals surface area contributed by atoms with E-state index in [0.717, 1.165) is 12.3 Å². The summed E-state index contributed by atoms with van der Waals surface area (Å²) in [5.74, 6) is 0.728. The molecule has 2 N–H and O–H groups in total. The molecule has 19 heavy (non-hydrogen) atoms. The first-order valence-electron chi connectivity index (χ1n) is 7.47. The third-order valence-corrected chi connectivity index (χ3v) is 5.34. The molecule has 0 saturated heterocycles. The first kappa shape index (κ1) is 13.1. The fraction of sp³-hybridized carbons (Fsp3) is 0.647. The van der Waals surface area contributed by atoms with Crippen LogP contribution < -0.4 is 5.32 Å². The van der Waals surface area contributed by atoms with Crippen LogP contribution in [0.25, 0.3) is 0 Å². The first-order chi connectivity index (χ1) is 8.96. The van der Waals surface area contributed by atoms with Gasteiger partial charge in [0, 0.05) is 17.5 Å². The Morgan fingerprint density at radius 1 is 1.11 bits per heavy atom. The van der Waals surface area contributed by atoms with E-state index in [4.69, 9.17) is 0 Å². The molecular formula is C17H25NO. The maximum atomic E-state index is 9.77. The topological polar surface area (TPSA) is 32.3 Å². The van der Waals surface area contributed by atoms with Gasteiger partial charge in [0.1, 0.15) is 0 Å². The summed E-state index contributed by atoms with van der Waals surface area (Å²) < 4.78 is 0. The van der Waals surface area contributed by atoms with E-state index >= 15 is 0 Å². The number of aliphatic hydroxyl groups is 1. The van der Waals surface area contributed by atoms with Crippen molar-refractivity contribution in [2.45, 2.75) is 64.1 Å². The van der Waals surface area contributed by atoms with Crippen LogP contribution in [0.1, 0.15) is 50.2 Å². The van der Waals surface area contributed by atoms with E-state index in [2.05, 4.69) is 50.4 Å². The van der Waals surface area contributed by atoms with Crippen molar-refractivity contribution < 1.29 is 5.11 Å². The number of rotatable bonds is 3. The Morgan fingerprint density at radius 2 is 1.74 bits per heavy atom. The maximum absolute atomic E-state index is 9.77. The van der Waals surface area contributed by atoms with Gasteiger partial charge in [0.05, 0.1) is 6.10 Å². The first-order valence-corrected chi connectivity index (χ1v) is 7.47. The van der Waals surface area contributed by atoms with Gasteiger partial charge in [-0.2, -0.15) is 0 Å². The minimum absolute atomic E-state index is 0.0505. The van der Waals surface area contributed by atoms with Gasteiger partial charge in [-0.25, -0.2) is 0 Å². The minimum Gasteiger partial charge on any atom is -0.392 e. The van der Waals surface area contributed by atoms with Crippen molar-refractivity contribution in [3.63, 3.8) is 0 Å². The Balaban J connectivity index is 1.50. The summed E-state index contributed by atoms with van der Waals surface area (Å²) in [6.45, 7) is 6.46. The second kappa shape index (κ2) is 4.60. The average Bonchev–Trinajstić information content (AvgIpc) is 2.33. The van der Waals surface area contributed by atoms with Crippen molar-refractivity contribution in [3.8, 4) is 0 Å². The molecule has 2 heteroatoms. The number of nitrogens with one attached hydrogen (secondary N) is 1. The van der Waals surface area contributed by atoms with Crippen LogP contribution in [0.5, 0.6) is 0 Å². The van der Waals surface area contributed by atoms with E-state index < -0.39 is 0 Å². The predicted molar refractivity (Wildman–Crippen MR) is 78.3 cm³/mol. The zero-order chi connectivity index (χ0) is 13.6. The molecule has 0 amide bonds. The minimum atomic E-state index is -0.127. The smallest absolute Gasteiger partial charge is 0.0621 e. The number of hydrogen-bond acceptors (Lipinski definition) is 2. The van der Waals surface area contributed by atoms with Crippen molar-refractivity contribution in [2.75, 3.05) is 0 Å². The summed E-state index contributed by atoms with van der Waals surface area (Å²) in [6.07, 6.45) is 3.27. The number of aryl methyl sites for hydroxylation is 1. The Labute approximate surface area is 116 Å². The molecule has 1 aromatic carbocycles. The quantitative estimate of drug-likeness (QED) is 0.874. The zero-order valence-corrected chi connectivity index (χ0v) is 12.2. The third kappa shape index (κ3) is 2.32. The number of benzene rings is 1. The molecule has 0 spiro atoms. The average molecular weight is 259 g/mol. The molecule has 2 atom stereocenters. The summed E-state index contributed by atoms with van der Waals surface area (Å²) in [6, 6.07) is 10.1. The molecule has 0 radical (unpaired) electrons. The fourth-order valence-electron chi connectivity index (χ4n) is 3.33. The molecule has 0 heterocycles. The van der Waals surface area contributed by atoms with E-state index in [1.54, 1.807) is 0 Å². The Bertz CT molecular complexity index is 445. The molecule has 1 aromatic rings. The zero-order valence-electron chi connectivity index (χ0n) is 12.2. The maximum Gasteiger partial charge on any atom is 0.0621 e. The van der Waals surface area contributed by atoms with Crippen LogP contribution in [0.15, 0.2) is 24.3 Å². The SMILES string of the molecule is Cc1ccc(C2CC(NC3CC(O)C3(C)C)C2)cc1. The molecule has 2 aliphatic carbocycles. The molecule has 2 fully saturated rings. The summed E-state index contributed by atoms with van der Waals surface area (Å²) in [4.78, 5) is 0. The normalized spacial score (nSPS) is 36.4. The molecule has 0 aromatic heterocycles. The summed E-state index contributed by atoms with van der Waals surface area (Å²) in [7, 11) is 0. The van der Waals surface area contributed by atoms with Gasteiger partial charge in [-0.1, -0.05) is 43.7 Å². The van der Waals surface area contributed by atoms with E-state index in [1.807, 2.05) is 0 Å². The number of aliphatic hydroxyl groups excluding tert-OH is 1. The van der Waals surface area contributed by atoms with Crippen molar-refractivity contribution in [1.29, 1.82) is 0 Å². The van der Waals surface area contributed by atoms with E-state index in [9.17, 15) is 5.11 Å². The second-order valence-corrected chi connectivity index (χ2v) is 7.07. The molecule has 104 valence electrons. The van der Waals surface area contributed by atoms with Gasteiger partial charge in [0.15, 0.2) is 0 Å². The van der Waals surface area contributed by atoms with Crippen molar-refractivity contribution in [3.05, 3.63) is 35.4 Å². The molecule has 0 bridgehead atoms. The Hall–Kier alpha value is -0.860. The van der Waals surface area contributed by atoms with Crippen molar-refractivity contribution in [1.82, 2.24) is 5.32 Å². The fourth-order valence-corrected chi connectivity index (χ4v) is 3.33. The lowest BCUT2D eigenvalue weighted by atomic mass is 9.63. The molecule has 2 unspecified atom stereocenters. The molecule has 0 aliphatic heterocycles. The molecule has 2 aliphatic rings. The van der Waals surface area contributed by atoms with E-state index in [0.29, 0.717) is 12.1 Å². The van der Waals surface area contributed by atoms with E-state index in [1.165, 1.54) is 24.0 Å². The highest BCUT2D eigenvalue weighted by Gasteiger charge is 2.48. The lowest BCUT2D eigenvalue weighted by molar-refractivity contribution is -0.0793. The van der Waals surface area contributed by atoms with Crippen LogP contribution in [-0.2, 0) is 0 Å². The molecule has 2 saturated carbocycles. The van der Waals surface area contributed by atoms with Gasteiger partial charge >= 0.3 is 0 Å². The van der Waals surface area contributed by atoms with Crippen LogP contribution >= 0.6 is 0 Å². The molecule has 3 rings (SSSR count). The van der Waals surface area contributed by atoms with Gasteiger partial charge in [0.2, 0.25) is 0 Å². The van der Waals surface area contributed by atoms with Crippen molar-refractivity contribution >= 4 is 0 Å². The Kier molecular flexibility index (Phi) is 3.18. The van der Waals surface area contributed by atoms with Gasteiger partial charge in [-0.3, -0.25) is 0 Å². The third-order valence-electron chi connectivity index (χ3n) is 5.34. The van der Waals surface area contributed by atoms with Gasteiger partial charge in [-0.15, -0.1) is 0 Å². The lowest BCUT2D eigenvalue weighted by Gasteiger charge is -2.53. The van der Waals surface area contributed by atoms with Crippen LogP contribution in [0.3, 0.4) is 0 Å². The molecular weight excluding hydrogens is 234 g/mol.